The first-order chi connectivity index (χ1) is 18.3. The molecule has 2 amide bonds. The number of carbonyl (C=O) groups excluding carboxylic acids is 1. The smallest absolute Gasteiger partial charge is 0.319 e. The molecule has 0 spiro atoms. The standard InChI is InChI=1S/C28H37ClF2N4O3Si/c1-16(2)39(17(3)4,18(5)6)38-19(7)26-34-23-13-9-12-22(29)25(23)27(36)35(26)21-11-8-10-20(14-21)33-28(37)32-15-24(30)31/h8-14,16-19,24H,15H2,1-7H3,(H2,32,33,37)/t19-/m0/s1. The number of hydrogen-bond donors (Lipinski definition) is 2. The lowest BCUT2D eigenvalue weighted by Gasteiger charge is -2.44. The quantitative estimate of drug-likeness (QED) is 0.242. The molecule has 3 rings (SSSR count). The van der Waals surface area contributed by atoms with Crippen LogP contribution in [0.15, 0.2) is 47.3 Å². The number of aromatic nitrogens is 2. The van der Waals surface area contributed by atoms with Crippen LogP contribution >= 0.6 is 11.6 Å². The second-order valence-electron chi connectivity index (χ2n) is 10.6. The van der Waals surface area contributed by atoms with Crippen LogP contribution in [0, 0.1) is 0 Å². The molecule has 39 heavy (non-hydrogen) atoms. The van der Waals surface area contributed by atoms with Crippen molar-refractivity contribution in [2.75, 3.05) is 11.9 Å². The molecule has 0 bridgehead atoms. The Balaban J connectivity index is 2.18. The molecule has 1 aromatic heterocycles. The van der Waals surface area contributed by atoms with Crippen LogP contribution in [0.3, 0.4) is 0 Å². The normalized spacial score (nSPS) is 13.1. The SMILES string of the molecule is CC(C)[Si](O[C@@H](C)c1nc2cccc(Cl)c2c(=O)n1-c1cccc(NC(=O)NCC(F)F)c1)(C(C)C)C(C)C. The highest BCUT2D eigenvalue weighted by Gasteiger charge is 2.46. The van der Waals surface area contributed by atoms with Crippen LogP contribution in [0.25, 0.3) is 16.6 Å². The molecule has 1 heterocycles. The summed E-state index contributed by atoms with van der Waals surface area (Å²) in [5, 5.41) is 5.18. The maximum absolute atomic E-state index is 14.0. The van der Waals surface area contributed by atoms with Crippen molar-refractivity contribution in [3.05, 3.63) is 63.7 Å². The van der Waals surface area contributed by atoms with Gasteiger partial charge in [0.15, 0.2) is 0 Å². The number of fused-ring (bicyclic) bond motifs is 1. The number of nitrogens with one attached hydrogen (secondary N) is 2. The van der Waals surface area contributed by atoms with E-state index < -0.39 is 33.4 Å². The molecule has 7 nitrogen and oxygen atoms in total. The first-order valence-corrected chi connectivity index (χ1v) is 15.6. The van der Waals surface area contributed by atoms with Gasteiger partial charge in [-0.3, -0.25) is 9.36 Å². The Labute approximate surface area is 234 Å². The van der Waals surface area contributed by atoms with E-state index in [0.717, 1.165) is 0 Å². The molecule has 2 N–H and O–H groups in total. The van der Waals surface area contributed by atoms with Gasteiger partial charge in [-0.2, -0.15) is 0 Å². The number of carbonyl (C=O) groups is 1. The number of halogens is 3. The van der Waals surface area contributed by atoms with Crippen molar-refractivity contribution in [2.45, 2.75) is 77.6 Å². The summed E-state index contributed by atoms with van der Waals surface area (Å²) in [6.45, 7) is 14.3. The van der Waals surface area contributed by atoms with Gasteiger partial charge in [0.25, 0.3) is 12.0 Å². The average molecular weight is 579 g/mol. The van der Waals surface area contributed by atoms with Gasteiger partial charge in [0.2, 0.25) is 8.32 Å². The molecule has 0 radical (unpaired) electrons. The van der Waals surface area contributed by atoms with Crippen LogP contribution in [-0.2, 0) is 4.43 Å². The lowest BCUT2D eigenvalue weighted by Crippen LogP contribution is -2.48. The van der Waals surface area contributed by atoms with Crippen molar-refractivity contribution < 1.29 is 18.0 Å². The number of amides is 2. The number of benzene rings is 2. The van der Waals surface area contributed by atoms with Crippen LogP contribution in [0.5, 0.6) is 0 Å². The van der Waals surface area contributed by atoms with E-state index >= 15 is 0 Å². The predicted molar refractivity (Wildman–Crippen MR) is 156 cm³/mol. The summed E-state index contributed by atoms with van der Waals surface area (Å²) >= 11 is 6.44. The fraction of sp³-hybridized carbons (Fsp3) is 0.464. The molecular formula is C28H37ClF2N4O3Si. The van der Waals surface area contributed by atoms with Crippen LogP contribution in [0.1, 0.15) is 60.4 Å². The third-order valence-corrected chi connectivity index (χ3v) is 13.6. The molecule has 0 saturated heterocycles. The zero-order valence-electron chi connectivity index (χ0n) is 23.4. The van der Waals surface area contributed by atoms with Crippen LogP contribution < -0.4 is 16.2 Å². The molecule has 0 aliphatic rings. The third kappa shape index (κ3) is 6.50. The van der Waals surface area contributed by atoms with Crippen LogP contribution in [0.4, 0.5) is 19.3 Å². The van der Waals surface area contributed by atoms with Crippen molar-refractivity contribution in [1.82, 2.24) is 14.9 Å². The molecule has 0 saturated carbocycles. The number of anilines is 1. The minimum absolute atomic E-state index is 0.267. The van der Waals surface area contributed by atoms with Gasteiger partial charge in [-0.15, -0.1) is 0 Å². The molecule has 1 atom stereocenters. The Morgan fingerprint density at radius 3 is 2.23 bits per heavy atom. The Morgan fingerprint density at radius 1 is 1.03 bits per heavy atom. The zero-order valence-corrected chi connectivity index (χ0v) is 25.1. The van der Waals surface area contributed by atoms with Gasteiger partial charge in [-0.1, -0.05) is 65.3 Å². The van der Waals surface area contributed by atoms with E-state index in [1.807, 2.05) is 6.92 Å². The topological polar surface area (TPSA) is 85.2 Å². The molecule has 0 fully saturated rings. The maximum atomic E-state index is 14.0. The summed E-state index contributed by atoms with van der Waals surface area (Å²) < 4.78 is 33.5. The molecule has 212 valence electrons. The second-order valence-corrected chi connectivity index (χ2v) is 16.4. The first-order valence-electron chi connectivity index (χ1n) is 13.1. The molecule has 11 heteroatoms. The maximum Gasteiger partial charge on any atom is 0.319 e. The van der Waals surface area contributed by atoms with Crippen molar-refractivity contribution >= 4 is 42.5 Å². The average Bonchev–Trinajstić information content (AvgIpc) is 2.85. The van der Waals surface area contributed by atoms with E-state index in [9.17, 15) is 18.4 Å². The minimum atomic E-state index is -2.67. The van der Waals surface area contributed by atoms with E-state index in [1.54, 1.807) is 42.5 Å². The van der Waals surface area contributed by atoms with Gasteiger partial charge in [0.05, 0.1) is 28.2 Å². The lowest BCUT2D eigenvalue weighted by atomic mass is 10.2. The van der Waals surface area contributed by atoms with Crippen molar-refractivity contribution in [2.24, 2.45) is 0 Å². The molecule has 2 aromatic carbocycles. The molecule has 0 aliphatic carbocycles. The highest BCUT2D eigenvalue weighted by Crippen LogP contribution is 2.45. The molecule has 0 aliphatic heterocycles. The largest absolute Gasteiger partial charge is 0.406 e. The van der Waals surface area contributed by atoms with E-state index in [1.165, 1.54) is 4.57 Å². The van der Waals surface area contributed by atoms with E-state index in [0.29, 0.717) is 39.3 Å². The number of rotatable bonds is 10. The Kier molecular flexibility index (Phi) is 9.90. The summed E-state index contributed by atoms with van der Waals surface area (Å²) in [7, 11) is -2.35. The summed E-state index contributed by atoms with van der Waals surface area (Å²) in [6, 6.07) is 10.9. The van der Waals surface area contributed by atoms with Crippen LogP contribution in [-0.4, -0.2) is 36.9 Å². The van der Waals surface area contributed by atoms with E-state index in [2.05, 4.69) is 52.2 Å². The van der Waals surface area contributed by atoms with Gasteiger partial charge in [-0.05, 0) is 53.9 Å². The van der Waals surface area contributed by atoms with Gasteiger partial charge in [0, 0.05) is 5.69 Å². The van der Waals surface area contributed by atoms with Gasteiger partial charge < -0.3 is 15.1 Å². The summed E-state index contributed by atoms with van der Waals surface area (Å²) in [4.78, 5) is 30.9. The Bertz CT molecular complexity index is 1360. The van der Waals surface area contributed by atoms with Crippen LogP contribution in [0.2, 0.25) is 21.6 Å². The lowest BCUT2D eigenvalue weighted by molar-refractivity contribution is 0.148. The van der Waals surface area contributed by atoms with E-state index in [4.69, 9.17) is 21.0 Å². The van der Waals surface area contributed by atoms with Gasteiger partial charge >= 0.3 is 6.03 Å². The minimum Gasteiger partial charge on any atom is -0.406 e. The number of hydrogen-bond acceptors (Lipinski definition) is 4. The number of nitrogens with zero attached hydrogens (tertiary/aromatic N) is 2. The van der Waals surface area contributed by atoms with Gasteiger partial charge in [0.1, 0.15) is 11.9 Å². The highest BCUT2D eigenvalue weighted by atomic mass is 35.5. The third-order valence-electron chi connectivity index (χ3n) is 7.10. The predicted octanol–water partition coefficient (Wildman–Crippen LogP) is 7.68. The van der Waals surface area contributed by atoms with Crippen molar-refractivity contribution in [3.63, 3.8) is 0 Å². The number of alkyl halides is 2. The Hall–Kier alpha value is -2.82. The number of urea groups is 1. The summed E-state index contributed by atoms with van der Waals surface area (Å²) in [6.07, 6.45) is -3.21. The zero-order chi connectivity index (χ0) is 29.1. The van der Waals surface area contributed by atoms with Crippen molar-refractivity contribution in [1.29, 1.82) is 0 Å². The van der Waals surface area contributed by atoms with E-state index in [-0.39, 0.29) is 16.0 Å². The second kappa shape index (κ2) is 12.6. The fourth-order valence-electron chi connectivity index (χ4n) is 5.56. The molecular weight excluding hydrogens is 542 g/mol. The van der Waals surface area contributed by atoms with Gasteiger partial charge in [-0.25, -0.2) is 18.6 Å². The van der Waals surface area contributed by atoms with Crippen molar-refractivity contribution in [3.8, 4) is 5.69 Å². The molecule has 0 unspecified atom stereocenters. The summed E-state index contributed by atoms with van der Waals surface area (Å²) in [5.41, 5.74) is 1.78. The first kappa shape index (κ1) is 30.7. The fourth-order valence-corrected chi connectivity index (χ4v) is 11.3. The Morgan fingerprint density at radius 2 is 1.64 bits per heavy atom. The highest BCUT2D eigenvalue weighted by molar-refractivity contribution is 6.77. The molecule has 3 aromatic rings. The monoisotopic (exact) mass is 578 g/mol. The summed E-state index contributed by atoms with van der Waals surface area (Å²) in [5.74, 6) is 0.410.